The Morgan fingerprint density at radius 1 is 1.20 bits per heavy atom. The SMILES string of the molecule is CN1CCC2(C)c3cc(O)ccc3CC1C2N(C)CC1CCN(CC(C)(C)O)CC1. The van der Waals surface area contributed by atoms with Crippen molar-refractivity contribution in [3.05, 3.63) is 29.3 Å². The Labute approximate surface area is 182 Å². The van der Waals surface area contributed by atoms with Gasteiger partial charge in [-0.1, -0.05) is 13.0 Å². The number of hydrogen-bond donors (Lipinski definition) is 2. The van der Waals surface area contributed by atoms with Gasteiger partial charge in [-0.3, -0.25) is 0 Å². The topological polar surface area (TPSA) is 50.2 Å². The molecule has 2 heterocycles. The average molecular weight is 416 g/mol. The molecule has 0 saturated carbocycles. The zero-order valence-electron chi connectivity index (χ0n) is 19.6. The van der Waals surface area contributed by atoms with Crippen molar-refractivity contribution in [3.8, 4) is 5.75 Å². The predicted molar refractivity (Wildman–Crippen MR) is 122 cm³/mol. The van der Waals surface area contributed by atoms with E-state index in [-0.39, 0.29) is 5.41 Å². The molecule has 3 atom stereocenters. The Bertz CT molecular complexity index is 753. The summed E-state index contributed by atoms with van der Waals surface area (Å²) < 4.78 is 0. The van der Waals surface area contributed by atoms with Crippen LogP contribution in [0.15, 0.2) is 18.2 Å². The maximum Gasteiger partial charge on any atom is 0.115 e. The minimum absolute atomic E-state index is 0.0832. The van der Waals surface area contributed by atoms with Crippen molar-refractivity contribution in [2.24, 2.45) is 5.92 Å². The average Bonchev–Trinajstić information content (AvgIpc) is 2.66. The fourth-order valence-corrected chi connectivity index (χ4v) is 6.62. The summed E-state index contributed by atoms with van der Waals surface area (Å²) in [6, 6.07) is 7.03. The highest BCUT2D eigenvalue weighted by atomic mass is 16.3. The Kier molecular flexibility index (Phi) is 5.95. The summed E-state index contributed by atoms with van der Waals surface area (Å²) in [7, 11) is 4.61. The molecule has 2 N–H and O–H groups in total. The van der Waals surface area contributed by atoms with E-state index in [9.17, 15) is 10.2 Å². The minimum Gasteiger partial charge on any atom is -0.508 e. The largest absolute Gasteiger partial charge is 0.508 e. The lowest BCUT2D eigenvalue weighted by Gasteiger charge is -2.58. The number of aromatic hydroxyl groups is 1. The molecule has 1 aromatic rings. The lowest BCUT2D eigenvalue weighted by Crippen LogP contribution is -2.66. The van der Waals surface area contributed by atoms with Crippen LogP contribution >= 0.6 is 0 Å². The molecule has 0 aromatic heterocycles. The number of aliphatic hydroxyl groups is 1. The number of phenols is 1. The number of phenolic OH excluding ortho intramolecular Hbond substituents is 1. The fourth-order valence-electron chi connectivity index (χ4n) is 6.62. The van der Waals surface area contributed by atoms with Gasteiger partial charge >= 0.3 is 0 Å². The number of likely N-dealkylation sites (tertiary alicyclic amines) is 2. The van der Waals surface area contributed by atoms with Gasteiger partial charge in [0.2, 0.25) is 0 Å². The molecule has 2 fully saturated rings. The third-order valence-corrected chi connectivity index (χ3v) is 8.04. The van der Waals surface area contributed by atoms with Crippen molar-refractivity contribution in [1.82, 2.24) is 14.7 Å². The van der Waals surface area contributed by atoms with Gasteiger partial charge in [-0.15, -0.1) is 0 Å². The van der Waals surface area contributed by atoms with Gasteiger partial charge in [0.1, 0.15) is 5.75 Å². The van der Waals surface area contributed by atoms with Crippen LogP contribution in [0.5, 0.6) is 5.75 Å². The summed E-state index contributed by atoms with van der Waals surface area (Å²) >= 11 is 0. The first-order valence-corrected chi connectivity index (χ1v) is 11.7. The standard InChI is InChI=1S/C25H41N3O2/c1-24(2,30)17-28-11-8-18(9-12-28)16-27(5)23-22-14-19-6-7-20(29)15-21(19)25(23,3)10-13-26(22)4/h6-7,15,18,22-23,29-30H,8-14,16-17H2,1-5H3. The van der Waals surface area contributed by atoms with E-state index in [4.69, 9.17) is 0 Å². The number of β-amino-alcohol motifs (C(OH)–C–C–N with tert-alkyl or cyclic N) is 1. The summed E-state index contributed by atoms with van der Waals surface area (Å²) in [5.74, 6) is 1.11. The van der Waals surface area contributed by atoms with Gasteiger partial charge in [-0.25, -0.2) is 0 Å². The highest BCUT2D eigenvalue weighted by molar-refractivity contribution is 5.45. The summed E-state index contributed by atoms with van der Waals surface area (Å²) in [6.45, 7) is 11.4. The number of fused-ring (bicyclic) bond motifs is 4. The fraction of sp³-hybridized carbons (Fsp3) is 0.760. The molecule has 5 nitrogen and oxygen atoms in total. The third-order valence-electron chi connectivity index (χ3n) is 8.04. The molecule has 1 aromatic carbocycles. The van der Waals surface area contributed by atoms with Gasteiger partial charge in [-0.05, 0) is 102 Å². The number of hydrogen-bond acceptors (Lipinski definition) is 5. The van der Waals surface area contributed by atoms with Crippen molar-refractivity contribution >= 4 is 0 Å². The third kappa shape index (κ3) is 4.27. The molecule has 4 rings (SSSR count). The normalized spacial score (nSPS) is 31.2. The van der Waals surface area contributed by atoms with Gasteiger partial charge in [0.05, 0.1) is 5.60 Å². The second-order valence-corrected chi connectivity index (χ2v) is 11.2. The van der Waals surface area contributed by atoms with Crippen molar-refractivity contribution in [2.45, 2.75) is 69.6 Å². The molecule has 0 radical (unpaired) electrons. The first-order chi connectivity index (χ1) is 14.1. The zero-order valence-corrected chi connectivity index (χ0v) is 19.6. The van der Waals surface area contributed by atoms with Gasteiger partial charge in [0.25, 0.3) is 0 Å². The van der Waals surface area contributed by atoms with Crippen LogP contribution in [0.4, 0.5) is 0 Å². The maximum atomic E-state index is 10.2. The highest BCUT2D eigenvalue weighted by Gasteiger charge is 2.51. The number of piperidine rings is 2. The van der Waals surface area contributed by atoms with Gasteiger partial charge in [0.15, 0.2) is 0 Å². The Balaban J connectivity index is 1.48. The molecule has 2 aliphatic heterocycles. The van der Waals surface area contributed by atoms with Gasteiger partial charge in [0, 0.05) is 30.6 Å². The van der Waals surface area contributed by atoms with Crippen molar-refractivity contribution in [1.29, 1.82) is 0 Å². The first kappa shape index (κ1) is 22.1. The Morgan fingerprint density at radius 3 is 2.57 bits per heavy atom. The highest BCUT2D eigenvalue weighted by Crippen LogP contribution is 2.47. The first-order valence-electron chi connectivity index (χ1n) is 11.7. The quantitative estimate of drug-likeness (QED) is 0.774. The predicted octanol–water partition coefficient (Wildman–Crippen LogP) is 2.69. The summed E-state index contributed by atoms with van der Waals surface area (Å²) in [6.07, 6.45) is 4.62. The number of benzene rings is 1. The van der Waals surface area contributed by atoms with Gasteiger partial charge in [-0.2, -0.15) is 0 Å². The molecule has 5 heteroatoms. The lowest BCUT2D eigenvalue weighted by atomic mass is 9.61. The van der Waals surface area contributed by atoms with Crippen LogP contribution in [-0.2, 0) is 11.8 Å². The van der Waals surface area contributed by atoms with Crippen LogP contribution < -0.4 is 0 Å². The van der Waals surface area contributed by atoms with E-state index >= 15 is 0 Å². The minimum atomic E-state index is -0.610. The second kappa shape index (κ2) is 8.09. The summed E-state index contributed by atoms with van der Waals surface area (Å²) in [5.41, 5.74) is 2.25. The van der Waals surface area contributed by atoms with Crippen LogP contribution in [0.25, 0.3) is 0 Å². The van der Waals surface area contributed by atoms with Crippen LogP contribution in [-0.4, -0.2) is 89.4 Å². The van der Waals surface area contributed by atoms with E-state index in [0.717, 1.165) is 45.6 Å². The van der Waals surface area contributed by atoms with E-state index in [1.165, 1.54) is 24.0 Å². The molecule has 3 unspecified atom stereocenters. The molecular weight excluding hydrogens is 374 g/mol. The van der Waals surface area contributed by atoms with Crippen molar-refractivity contribution < 1.29 is 10.2 Å². The van der Waals surface area contributed by atoms with Crippen LogP contribution in [0.2, 0.25) is 0 Å². The van der Waals surface area contributed by atoms with E-state index in [2.05, 4.69) is 41.8 Å². The van der Waals surface area contributed by atoms with Crippen LogP contribution in [0.3, 0.4) is 0 Å². The Hall–Kier alpha value is -1.14. The number of rotatable bonds is 5. The van der Waals surface area contributed by atoms with E-state index < -0.39 is 5.60 Å². The van der Waals surface area contributed by atoms with Crippen molar-refractivity contribution in [2.75, 3.05) is 46.8 Å². The molecule has 0 amide bonds. The number of nitrogens with zero attached hydrogens (tertiary/aromatic N) is 3. The molecule has 3 aliphatic rings. The summed E-state index contributed by atoms with van der Waals surface area (Å²) in [4.78, 5) is 7.62. The lowest BCUT2D eigenvalue weighted by molar-refractivity contribution is -0.0122. The molecule has 168 valence electrons. The zero-order chi connectivity index (χ0) is 21.7. The van der Waals surface area contributed by atoms with Crippen LogP contribution in [0.1, 0.15) is 51.2 Å². The molecule has 1 aliphatic carbocycles. The van der Waals surface area contributed by atoms with Crippen molar-refractivity contribution in [3.63, 3.8) is 0 Å². The molecule has 2 bridgehead atoms. The van der Waals surface area contributed by atoms with E-state index in [1.807, 2.05) is 26.0 Å². The second-order valence-electron chi connectivity index (χ2n) is 11.2. The molecule has 30 heavy (non-hydrogen) atoms. The number of likely N-dealkylation sites (N-methyl/N-ethyl adjacent to an activating group) is 2. The smallest absolute Gasteiger partial charge is 0.115 e. The molecular formula is C25H41N3O2. The van der Waals surface area contributed by atoms with Crippen LogP contribution in [0, 0.1) is 5.92 Å². The molecule has 2 saturated heterocycles. The maximum absolute atomic E-state index is 10.2. The summed E-state index contributed by atoms with van der Waals surface area (Å²) in [5, 5.41) is 20.3. The Morgan fingerprint density at radius 2 is 1.90 bits per heavy atom. The monoisotopic (exact) mass is 415 g/mol. The molecule has 0 spiro atoms. The van der Waals surface area contributed by atoms with E-state index in [1.54, 1.807) is 0 Å². The van der Waals surface area contributed by atoms with Gasteiger partial charge < -0.3 is 24.9 Å². The van der Waals surface area contributed by atoms with E-state index in [0.29, 0.717) is 23.8 Å².